The van der Waals surface area contributed by atoms with E-state index in [-0.39, 0.29) is 5.56 Å². The molecule has 0 fully saturated rings. The fourth-order valence-corrected chi connectivity index (χ4v) is 3.61. The molecule has 0 amide bonds. The summed E-state index contributed by atoms with van der Waals surface area (Å²) < 4.78 is 2.02. The van der Waals surface area contributed by atoms with Crippen LogP contribution < -0.4 is 0 Å². The van der Waals surface area contributed by atoms with Gasteiger partial charge in [-0.3, -0.25) is 0 Å². The number of pyridine rings is 3. The van der Waals surface area contributed by atoms with Gasteiger partial charge in [-0.15, -0.1) is 0 Å². The lowest BCUT2D eigenvalue weighted by atomic mass is 10.2. The third-order valence-electron chi connectivity index (χ3n) is 5.25. The van der Waals surface area contributed by atoms with Gasteiger partial charge in [0, 0.05) is 58.7 Å². The highest BCUT2D eigenvalue weighted by molar-refractivity contribution is 6.30. The van der Waals surface area contributed by atoms with Gasteiger partial charge in [-0.05, 0) is 72.8 Å². The average Bonchev–Trinajstić information content (AvgIpc) is 3.71. The van der Waals surface area contributed by atoms with Gasteiger partial charge in [0.1, 0.15) is 5.65 Å². The van der Waals surface area contributed by atoms with Crippen molar-refractivity contribution in [3.63, 3.8) is 0 Å². The first-order valence-electron chi connectivity index (χ1n) is 11.5. The molecule has 11 heteroatoms. The lowest BCUT2D eigenvalue weighted by molar-refractivity contribution is 0.0697. The number of H-pyrrole nitrogens is 1. The van der Waals surface area contributed by atoms with Crippen LogP contribution in [0.4, 0.5) is 0 Å². The summed E-state index contributed by atoms with van der Waals surface area (Å²) in [6, 6.07) is 23.1. The molecule has 0 atom stereocenters. The summed E-state index contributed by atoms with van der Waals surface area (Å²) in [4.78, 5) is 25.3. The average molecular weight is 543 g/mol. The first-order valence-corrected chi connectivity index (χ1v) is 11.9. The van der Waals surface area contributed by atoms with Crippen molar-refractivity contribution in [3.8, 4) is 22.8 Å². The van der Waals surface area contributed by atoms with E-state index in [1.165, 1.54) is 12.1 Å². The summed E-state index contributed by atoms with van der Waals surface area (Å²) in [5, 5.41) is 28.3. The number of aromatic carboxylic acids is 1. The van der Waals surface area contributed by atoms with Gasteiger partial charge in [0.05, 0.1) is 5.56 Å². The minimum absolute atomic E-state index is 0.215. The Labute approximate surface area is 227 Å². The summed E-state index contributed by atoms with van der Waals surface area (Å²) in [6.45, 7) is 0. The van der Waals surface area contributed by atoms with E-state index >= 15 is 0 Å². The molecule has 0 unspecified atom stereocenters. The number of benzene rings is 1. The first-order chi connectivity index (χ1) is 18.9. The van der Waals surface area contributed by atoms with Gasteiger partial charge < -0.3 is 20.5 Å². The third kappa shape index (κ3) is 7.12. The van der Waals surface area contributed by atoms with Crippen LogP contribution in [0.25, 0.3) is 33.8 Å². The molecule has 10 nitrogen and oxygen atoms in total. The van der Waals surface area contributed by atoms with Crippen molar-refractivity contribution in [1.82, 2.24) is 29.4 Å². The van der Waals surface area contributed by atoms with E-state index in [0.717, 1.165) is 31.6 Å². The largest absolute Gasteiger partial charge is 0.478 e. The molecule has 4 aliphatic heterocycles. The highest BCUT2D eigenvalue weighted by Gasteiger charge is 2.05. The van der Waals surface area contributed by atoms with Gasteiger partial charge in [-0.1, -0.05) is 17.7 Å². The number of fused-ring (bicyclic) bond motifs is 3. The molecule has 7 rings (SSSR count). The van der Waals surface area contributed by atoms with E-state index in [1.807, 2.05) is 48.7 Å². The number of nitrogens with one attached hydrogen (secondary N) is 1. The standard InChI is InChI=1S/C7H5ClO2.2C7H6N2O.C7H6N2/c8-6-3-1-2-5(4-6)7(9)10;2*10-9-5-1-2-6-3-4-8-7(6)9;1-2-6-3-5-9-7(6)8-4-1/h1-4H,(H,9,10);2*1-5,10H;1-5H,(H,8,9). The molecule has 1 aromatic carbocycles. The molecule has 2 aromatic heterocycles. The topological polar surface area (TPSA) is 142 Å². The Balaban J connectivity index is 0.000000121. The van der Waals surface area contributed by atoms with Crippen LogP contribution in [0.2, 0.25) is 5.02 Å². The van der Waals surface area contributed by atoms with Crippen molar-refractivity contribution in [2.24, 2.45) is 0 Å². The molecule has 0 saturated heterocycles. The maximum atomic E-state index is 10.3. The van der Waals surface area contributed by atoms with Crippen molar-refractivity contribution in [2.45, 2.75) is 0 Å². The molecular formula is C28H23ClN6O4. The number of rotatable bonds is 1. The zero-order valence-corrected chi connectivity index (χ0v) is 21.1. The molecular weight excluding hydrogens is 520 g/mol. The highest BCUT2D eigenvalue weighted by Crippen LogP contribution is 2.17. The van der Waals surface area contributed by atoms with Crippen LogP contribution in [0.15, 0.2) is 116 Å². The number of aromatic amines is 1. The minimum atomic E-state index is -0.956. The monoisotopic (exact) mass is 542 g/mol. The number of nitrogens with zero attached hydrogens (tertiary/aromatic N) is 5. The zero-order valence-electron chi connectivity index (χ0n) is 20.3. The fourth-order valence-electron chi connectivity index (χ4n) is 3.42. The molecule has 0 bridgehead atoms. The van der Waals surface area contributed by atoms with Crippen molar-refractivity contribution >= 4 is 28.6 Å². The summed E-state index contributed by atoms with van der Waals surface area (Å²) in [5.74, 6) is 0.243. The number of hydrogen-bond donors (Lipinski definition) is 4. The Kier molecular flexibility index (Phi) is 8.73. The third-order valence-corrected chi connectivity index (χ3v) is 5.49. The maximum absolute atomic E-state index is 10.3. The predicted molar refractivity (Wildman–Crippen MR) is 147 cm³/mol. The lowest BCUT2D eigenvalue weighted by Crippen LogP contribution is -1.96. The molecule has 6 heterocycles. The van der Waals surface area contributed by atoms with Crippen molar-refractivity contribution < 1.29 is 20.3 Å². The molecule has 0 radical (unpaired) electrons. The Morgan fingerprint density at radius 3 is 1.90 bits per heavy atom. The number of carboxylic acid groups (broad SMARTS) is 1. The number of halogens is 1. The van der Waals surface area contributed by atoms with E-state index in [9.17, 15) is 4.79 Å². The van der Waals surface area contributed by atoms with Crippen molar-refractivity contribution in [1.29, 1.82) is 0 Å². The normalized spacial score (nSPS) is 10.1. The molecule has 3 aromatic rings. The van der Waals surface area contributed by atoms with Crippen LogP contribution in [-0.4, -0.2) is 50.9 Å². The zero-order chi connectivity index (χ0) is 27.6. The number of carboxylic acids is 1. The Hall–Kier alpha value is -5.35. The SMILES string of the molecule is O=C(O)c1cccc(Cl)c1.On1cccc2ccnc1-2.On1cccc2ccnc1-2.c1cnc2[nH]ccc2c1. The van der Waals surface area contributed by atoms with Crippen LogP contribution in [-0.2, 0) is 0 Å². The smallest absolute Gasteiger partial charge is 0.335 e. The van der Waals surface area contributed by atoms with Crippen molar-refractivity contribution in [3.05, 3.63) is 127 Å². The molecule has 4 N–H and O–H groups in total. The quantitative estimate of drug-likeness (QED) is 0.185. The summed E-state index contributed by atoms with van der Waals surface area (Å²) >= 11 is 5.53. The Bertz CT molecular complexity index is 1610. The minimum Gasteiger partial charge on any atom is -0.478 e. The molecule has 0 aliphatic carbocycles. The molecule has 0 saturated carbocycles. The van der Waals surface area contributed by atoms with Gasteiger partial charge in [-0.2, -0.15) is 9.46 Å². The number of carbonyl (C=O) groups is 1. The van der Waals surface area contributed by atoms with E-state index in [1.54, 1.807) is 55.2 Å². The van der Waals surface area contributed by atoms with Crippen molar-refractivity contribution in [2.75, 3.05) is 0 Å². The van der Waals surface area contributed by atoms with E-state index < -0.39 is 5.97 Å². The number of hydrogen-bond acceptors (Lipinski definition) is 6. The van der Waals surface area contributed by atoms with Gasteiger partial charge >= 0.3 is 5.97 Å². The second kappa shape index (κ2) is 12.7. The fraction of sp³-hybridized carbons (Fsp3) is 0. The molecule has 196 valence electrons. The second-order valence-electron chi connectivity index (χ2n) is 7.89. The maximum Gasteiger partial charge on any atom is 0.335 e. The van der Waals surface area contributed by atoms with Crippen LogP contribution in [0, 0.1) is 0 Å². The van der Waals surface area contributed by atoms with Crippen LogP contribution in [0.1, 0.15) is 10.4 Å². The predicted octanol–water partition coefficient (Wildman–Crippen LogP) is 6.05. The molecule has 0 spiro atoms. The van der Waals surface area contributed by atoms with E-state index in [4.69, 9.17) is 27.1 Å². The highest BCUT2D eigenvalue weighted by atomic mass is 35.5. The molecule has 4 aliphatic rings. The van der Waals surface area contributed by atoms with Gasteiger partial charge in [0.25, 0.3) is 0 Å². The van der Waals surface area contributed by atoms with E-state index in [0.29, 0.717) is 16.7 Å². The lowest BCUT2D eigenvalue weighted by Gasteiger charge is -2.00. The van der Waals surface area contributed by atoms with Gasteiger partial charge in [0.15, 0.2) is 11.6 Å². The Morgan fingerprint density at radius 1 is 0.744 bits per heavy atom. The summed E-state index contributed by atoms with van der Waals surface area (Å²) in [7, 11) is 0. The van der Waals surface area contributed by atoms with Crippen LogP contribution in [0.3, 0.4) is 0 Å². The number of aromatic nitrogens is 6. The Morgan fingerprint density at radius 2 is 1.38 bits per heavy atom. The second-order valence-corrected chi connectivity index (χ2v) is 8.32. The van der Waals surface area contributed by atoms with Gasteiger partial charge in [-0.25, -0.2) is 19.7 Å². The summed E-state index contributed by atoms with van der Waals surface area (Å²) in [5.41, 5.74) is 3.07. The van der Waals surface area contributed by atoms with Crippen LogP contribution >= 0.6 is 11.6 Å². The molecule has 39 heavy (non-hydrogen) atoms. The first kappa shape index (κ1) is 26.7. The summed E-state index contributed by atoms with van der Waals surface area (Å²) in [6.07, 6.45) is 10.1. The van der Waals surface area contributed by atoms with E-state index in [2.05, 4.69) is 19.9 Å². The van der Waals surface area contributed by atoms with Crippen LogP contribution in [0.5, 0.6) is 0 Å². The van der Waals surface area contributed by atoms with Gasteiger partial charge in [0.2, 0.25) is 0 Å².